The third-order valence-corrected chi connectivity index (χ3v) is 3.05. The molecule has 0 spiro atoms. The van der Waals surface area contributed by atoms with Crippen molar-refractivity contribution in [2.45, 2.75) is 13.3 Å². The van der Waals surface area contributed by atoms with E-state index in [-0.39, 0.29) is 5.82 Å². The molecule has 0 saturated carbocycles. The Morgan fingerprint density at radius 1 is 1.33 bits per heavy atom. The second kappa shape index (κ2) is 5.31. The molecule has 0 aliphatic heterocycles. The van der Waals surface area contributed by atoms with Gasteiger partial charge in [-0.2, -0.15) is 0 Å². The zero-order valence-electron chi connectivity index (χ0n) is 10.2. The van der Waals surface area contributed by atoms with Gasteiger partial charge in [0.15, 0.2) is 0 Å². The molecule has 0 amide bonds. The van der Waals surface area contributed by atoms with Gasteiger partial charge < -0.3 is 5.32 Å². The number of nitrogens with zero attached hydrogens (tertiary/aromatic N) is 2. The van der Waals surface area contributed by atoms with Gasteiger partial charge in [0, 0.05) is 18.2 Å². The maximum Gasteiger partial charge on any atom is 0.132 e. The average Bonchev–Trinajstić information content (AvgIpc) is 2.40. The molecule has 0 saturated heterocycles. The number of aromatic nitrogens is 2. The van der Waals surface area contributed by atoms with Gasteiger partial charge in [-0.05, 0) is 24.6 Å². The van der Waals surface area contributed by atoms with Crippen molar-refractivity contribution >= 4 is 17.4 Å². The van der Waals surface area contributed by atoms with E-state index in [4.69, 9.17) is 11.6 Å². The molecular weight excluding hydrogens is 253 g/mol. The molecular formula is C13H13ClFN3. The lowest BCUT2D eigenvalue weighted by Gasteiger charge is -2.12. The maximum atomic E-state index is 13.3. The number of hydrogen-bond acceptors (Lipinski definition) is 3. The van der Waals surface area contributed by atoms with Gasteiger partial charge in [0.2, 0.25) is 0 Å². The van der Waals surface area contributed by atoms with Gasteiger partial charge in [0.25, 0.3) is 0 Å². The van der Waals surface area contributed by atoms with Crippen LogP contribution in [0.15, 0.2) is 24.5 Å². The fourth-order valence-corrected chi connectivity index (χ4v) is 2.08. The van der Waals surface area contributed by atoms with E-state index in [9.17, 15) is 4.39 Å². The molecule has 0 aliphatic carbocycles. The molecule has 3 nitrogen and oxygen atoms in total. The first kappa shape index (κ1) is 12.8. The first-order chi connectivity index (χ1) is 8.67. The zero-order valence-corrected chi connectivity index (χ0v) is 10.9. The van der Waals surface area contributed by atoms with Crippen molar-refractivity contribution in [3.8, 4) is 11.3 Å². The second-order valence-electron chi connectivity index (χ2n) is 3.78. The minimum absolute atomic E-state index is 0.332. The Bertz CT molecular complexity index is 572. The number of benzene rings is 1. The van der Waals surface area contributed by atoms with Crippen LogP contribution < -0.4 is 5.32 Å². The second-order valence-corrected chi connectivity index (χ2v) is 4.18. The molecule has 0 radical (unpaired) electrons. The standard InChI is InChI=1S/C13H13ClFN3/c1-3-9-12(17-7-18-13(9)16-2)10-6-8(15)4-5-11(10)14/h4-7H,3H2,1-2H3,(H,16,17,18). The summed E-state index contributed by atoms with van der Waals surface area (Å²) in [5.74, 6) is 0.406. The molecule has 1 N–H and O–H groups in total. The maximum absolute atomic E-state index is 13.3. The molecule has 1 heterocycles. The summed E-state index contributed by atoms with van der Waals surface area (Å²) in [7, 11) is 1.79. The Morgan fingerprint density at radius 3 is 2.78 bits per heavy atom. The van der Waals surface area contributed by atoms with E-state index in [1.54, 1.807) is 7.05 Å². The highest BCUT2D eigenvalue weighted by atomic mass is 35.5. The van der Waals surface area contributed by atoms with Crippen molar-refractivity contribution < 1.29 is 4.39 Å². The van der Waals surface area contributed by atoms with E-state index in [1.807, 2.05) is 6.92 Å². The molecule has 0 aliphatic rings. The molecule has 5 heteroatoms. The van der Waals surface area contributed by atoms with Crippen LogP contribution in [0.2, 0.25) is 5.02 Å². The van der Waals surface area contributed by atoms with Crippen molar-refractivity contribution in [1.29, 1.82) is 0 Å². The van der Waals surface area contributed by atoms with Crippen LogP contribution in [-0.4, -0.2) is 17.0 Å². The third-order valence-electron chi connectivity index (χ3n) is 2.72. The van der Waals surface area contributed by atoms with Gasteiger partial charge in [0.05, 0.1) is 10.7 Å². The molecule has 0 bridgehead atoms. The Hall–Kier alpha value is -1.68. The summed E-state index contributed by atoms with van der Waals surface area (Å²) in [5.41, 5.74) is 2.18. The molecule has 0 atom stereocenters. The van der Waals surface area contributed by atoms with Crippen LogP contribution in [0.5, 0.6) is 0 Å². The molecule has 0 fully saturated rings. The predicted molar refractivity (Wildman–Crippen MR) is 71.4 cm³/mol. The van der Waals surface area contributed by atoms with Gasteiger partial charge in [-0.25, -0.2) is 14.4 Å². The van der Waals surface area contributed by atoms with Crippen LogP contribution in [0.25, 0.3) is 11.3 Å². The van der Waals surface area contributed by atoms with E-state index in [2.05, 4.69) is 15.3 Å². The largest absolute Gasteiger partial charge is 0.373 e. The monoisotopic (exact) mass is 265 g/mol. The van der Waals surface area contributed by atoms with Crippen molar-refractivity contribution in [3.05, 3.63) is 40.9 Å². The highest BCUT2D eigenvalue weighted by Gasteiger charge is 2.14. The quantitative estimate of drug-likeness (QED) is 0.922. The number of anilines is 1. The highest BCUT2D eigenvalue weighted by molar-refractivity contribution is 6.33. The fraction of sp³-hybridized carbons (Fsp3) is 0.231. The van der Waals surface area contributed by atoms with Crippen LogP contribution in [-0.2, 0) is 6.42 Å². The molecule has 94 valence electrons. The minimum Gasteiger partial charge on any atom is -0.373 e. The summed E-state index contributed by atoms with van der Waals surface area (Å²) in [6.07, 6.45) is 2.18. The Kier molecular flexibility index (Phi) is 3.77. The molecule has 1 aromatic heterocycles. The SMILES string of the molecule is CCc1c(NC)ncnc1-c1cc(F)ccc1Cl. The highest BCUT2D eigenvalue weighted by Crippen LogP contribution is 2.31. The Labute approximate surface area is 110 Å². The van der Waals surface area contributed by atoms with Gasteiger partial charge >= 0.3 is 0 Å². The van der Waals surface area contributed by atoms with Crippen LogP contribution in [0.1, 0.15) is 12.5 Å². The number of nitrogens with one attached hydrogen (secondary N) is 1. The van der Waals surface area contributed by atoms with Crippen molar-refractivity contribution in [2.75, 3.05) is 12.4 Å². The average molecular weight is 266 g/mol. The van der Waals surface area contributed by atoms with E-state index < -0.39 is 0 Å². The summed E-state index contributed by atoms with van der Waals surface area (Å²) in [4.78, 5) is 8.38. The van der Waals surface area contributed by atoms with Gasteiger partial charge in [-0.1, -0.05) is 18.5 Å². The number of halogens is 2. The van der Waals surface area contributed by atoms with Crippen LogP contribution in [0.3, 0.4) is 0 Å². The van der Waals surface area contributed by atoms with Crippen molar-refractivity contribution in [2.24, 2.45) is 0 Å². The first-order valence-corrected chi connectivity index (χ1v) is 6.02. The van der Waals surface area contributed by atoms with E-state index in [0.29, 0.717) is 16.3 Å². The lowest BCUT2D eigenvalue weighted by Crippen LogP contribution is -2.02. The molecule has 18 heavy (non-hydrogen) atoms. The summed E-state index contributed by atoms with van der Waals surface area (Å²) in [6.45, 7) is 2.00. The summed E-state index contributed by atoms with van der Waals surface area (Å²) in [5, 5.41) is 3.48. The Balaban J connectivity index is 2.66. The normalized spacial score (nSPS) is 10.4. The summed E-state index contributed by atoms with van der Waals surface area (Å²) < 4.78 is 13.3. The van der Waals surface area contributed by atoms with E-state index >= 15 is 0 Å². The van der Waals surface area contributed by atoms with Crippen LogP contribution in [0.4, 0.5) is 10.2 Å². The predicted octanol–water partition coefficient (Wildman–Crippen LogP) is 3.54. The fourth-order valence-electron chi connectivity index (χ4n) is 1.87. The lowest BCUT2D eigenvalue weighted by molar-refractivity contribution is 0.628. The van der Waals surface area contributed by atoms with Gasteiger partial charge in [-0.3, -0.25) is 0 Å². The molecule has 0 unspecified atom stereocenters. The van der Waals surface area contributed by atoms with Crippen molar-refractivity contribution in [1.82, 2.24) is 9.97 Å². The van der Waals surface area contributed by atoms with E-state index in [1.165, 1.54) is 24.5 Å². The Morgan fingerprint density at radius 2 is 2.11 bits per heavy atom. The summed E-state index contributed by atoms with van der Waals surface area (Å²) in [6, 6.07) is 4.26. The number of rotatable bonds is 3. The number of hydrogen-bond donors (Lipinski definition) is 1. The zero-order chi connectivity index (χ0) is 13.1. The lowest BCUT2D eigenvalue weighted by atomic mass is 10.0. The van der Waals surface area contributed by atoms with E-state index in [0.717, 1.165) is 17.8 Å². The van der Waals surface area contributed by atoms with Crippen LogP contribution >= 0.6 is 11.6 Å². The summed E-state index contributed by atoms with van der Waals surface area (Å²) >= 11 is 6.11. The molecule has 2 aromatic rings. The first-order valence-electron chi connectivity index (χ1n) is 5.64. The van der Waals surface area contributed by atoms with Crippen molar-refractivity contribution in [3.63, 3.8) is 0 Å². The van der Waals surface area contributed by atoms with Gasteiger partial charge in [-0.15, -0.1) is 0 Å². The van der Waals surface area contributed by atoms with Crippen LogP contribution in [0, 0.1) is 5.82 Å². The third kappa shape index (κ3) is 2.29. The topological polar surface area (TPSA) is 37.8 Å². The minimum atomic E-state index is -0.332. The molecule has 1 aromatic carbocycles. The molecule has 2 rings (SSSR count). The van der Waals surface area contributed by atoms with Gasteiger partial charge in [0.1, 0.15) is 18.0 Å². The smallest absolute Gasteiger partial charge is 0.132 e.